The van der Waals surface area contributed by atoms with Crippen LogP contribution in [0.4, 0.5) is 11.4 Å². The van der Waals surface area contributed by atoms with Gasteiger partial charge >= 0.3 is 0 Å². The van der Waals surface area contributed by atoms with E-state index in [4.69, 9.17) is 10.5 Å². The van der Waals surface area contributed by atoms with Gasteiger partial charge in [-0.25, -0.2) is 0 Å². The number of hydrogen-bond donors (Lipinski definition) is 1. The first-order valence-corrected chi connectivity index (χ1v) is 6.10. The predicted molar refractivity (Wildman–Crippen MR) is 66.1 cm³/mol. The summed E-state index contributed by atoms with van der Waals surface area (Å²) in [6.45, 7) is 0.146. The van der Waals surface area contributed by atoms with Crippen LogP contribution < -0.4 is 15.4 Å². The van der Waals surface area contributed by atoms with Gasteiger partial charge < -0.3 is 15.4 Å². The summed E-state index contributed by atoms with van der Waals surface area (Å²) in [5.41, 5.74) is 7.31. The van der Waals surface area contributed by atoms with Crippen LogP contribution in [0.3, 0.4) is 0 Å². The number of nitrogens with zero attached hydrogens (tertiary/aromatic N) is 1. The van der Waals surface area contributed by atoms with Gasteiger partial charge in [-0.1, -0.05) is 12.8 Å². The molecule has 2 aliphatic rings. The molecule has 1 aromatic rings. The van der Waals surface area contributed by atoms with Crippen LogP contribution in [0.2, 0.25) is 0 Å². The van der Waals surface area contributed by atoms with Gasteiger partial charge in [0.2, 0.25) is 0 Å². The second-order valence-corrected chi connectivity index (χ2v) is 4.72. The molecule has 0 spiro atoms. The Morgan fingerprint density at radius 1 is 1.29 bits per heavy atom. The number of carbonyl (C=O) groups is 1. The van der Waals surface area contributed by atoms with E-state index < -0.39 is 0 Å². The van der Waals surface area contributed by atoms with Crippen LogP contribution in [-0.2, 0) is 4.79 Å². The summed E-state index contributed by atoms with van der Waals surface area (Å²) in [5, 5.41) is 0. The summed E-state index contributed by atoms with van der Waals surface area (Å²) in [5.74, 6) is 0.820. The average Bonchev–Trinajstić information content (AvgIpc) is 2.82. The van der Waals surface area contributed by atoms with Crippen molar-refractivity contribution in [2.24, 2.45) is 0 Å². The van der Waals surface area contributed by atoms with E-state index in [-0.39, 0.29) is 12.5 Å². The first-order chi connectivity index (χ1) is 8.25. The fraction of sp³-hybridized carbons (Fsp3) is 0.462. The zero-order chi connectivity index (χ0) is 11.8. The molecule has 0 unspecified atom stereocenters. The maximum absolute atomic E-state index is 12.0. The lowest BCUT2D eigenvalue weighted by molar-refractivity contribution is -0.121. The third-order valence-corrected chi connectivity index (χ3v) is 3.55. The lowest BCUT2D eigenvalue weighted by Gasteiger charge is -2.34. The van der Waals surface area contributed by atoms with E-state index in [1.807, 2.05) is 23.1 Å². The van der Waals surface area contributed by atoms with Crippen molar-refractivity contribution < 1.29 is 9.53 Å². The standard InChI is InChI=1S/C13H16N2O2/c14-9-5-6-12-11(7-9)15(13(16)8-17-12)10-3-1-2-4-10/h5-7,10H,1-4,8,14H2. The van der Waals surface area contributed by atoms with Crippen molar-refractivity contribution in [3.05, 3.63) is 18.2 Å². The second-order valence-electron chi connectivity index (χ2n) is 4.72. The minimum atomic E-state index is 0.0509. The number of fused-ring (bicyclic) bond motifs is 1. The summed E-state index contributed by atoms with van der Waals surface area (Å²) >= 11 is 0. The quantitative estimate of drug-likeness (QED) is 0.753. The van der Waals surface area contributed by atoms with Gasteiger partial charge in [-0.05, 0) is 31.0 Å². The number of amides is 1. The highest BCUT2D eigenvalue weighted by atomic mass is 16.5. The molecule has 4 nitrogen and oxygen atoms in total. The zero-order valence-corrected chi connectivity index (χ0v) is 9.69. The van der Waals surface area contributed by atoms with E-state index in [0.29, 0.717) is 11.7 Å². The lowest BCUT2D eigenvalue weighted by atomic mass is 10.1. The molecule has 1 amide bonds. The molecule has 0 radical (unpaired) electrons. The SMILES string of the molecule is Nc1ccc2c(c1)N(C1CCCC1)C(=O)CO2. The number of benzene rings is 1. The van der Waals surface area contributed by atoms with Crippen LogP contribution >= 0.6 is 0 Å². The van der Waals surface area contributed by atoms with Crippen LogP contribution in [0.25, 0.3) is 0 Å². The van der Waals surface area contributed by atoms with Gasteiger partial charge in [0, 0.05) is 11.7 Å². The van der Waals surface area contributed by atoms with Gasteiger partial charge in [0.25, 0.3) is 5.91 Å². The maximum Gasteiger partial charge on any atom is 0.265 e. The van der Waals surface area contributed by atoms with Crippen molar-refractivity contribution in [2.45, 2.75) is 31.7 Å². The van der Waals surface area contributed by atoms with Crippen molar-refractivity contribution in [3.8, 4) is 5.75 Å². The van der Waals surface area contributed by atoms with Crippen LogP contribution in [0.15, 0.2) is 18.2 Å². The molecule has 0 saturated heterocycles. The molecule has 1 aliphatic heterocycles. The van der Waals surface area contributed by atoms with Crippen molar-refractivity contribution in [1.82, 2.24) is 0 Å². The molecule has 0 aromatic heterocycles. The normalized spacial score (nSPS) is 20.2. The Balaban J connectivity index is 2.02. The van der Waals surface area contributed by atoms with Gasteiger partial charge in [-0.3, -0.25) is 4.79 Å². The summed E-state index contributed by atoms with van der Waals surface area (Å²) < 4.78 is 5.43. The molecule has 90 valence electrons. The van der Waals surface area contributed by atoms with Crippen LogP contribution in [-0.4, -0.2) is 18.6 Å². The predicted octanol–water partition coefficient (Wildman–Crippen LogP) is 1.94. The Kier molecular flexibility index (Phi) is 2.42. The van der Waals surface area contributed by atoms with Crippen LogP contribution in [0.5, 0.6) is 5.75 Å². The number of nitrogen functional groups attached to an aromatic ring is 1. The molecule has 1 aromatic carbocycles. The number of rotatable bonds is 1. The molecule has 1 aliphatic carbocycles. The van der Waals surface area contributed by atoms with Gasteiger partial charge in [0.05, 0.1) is 5.69 Å². The number of anilines is 2. The largest absolute Gasteiger partial charge is 0.482 e. The Bertz CT molecular complexity index is 453. The van der Waals surface area contributed by atoms with Gasteiger partial charge in [0.1, 0.15) is 5.75 Å². The second kappa shape index (κ2) is 3.95. The molecular weight excluding hydrogens is 216 g/mol. The van der Waals surface area contributed by atoms with Crippen LogP contribution in [0.1, 0.15) is 25.7 Å². The number of ether oxygens (including phenoxy) is 1. The molecule has 0 atom stereocenters. The van der Waals surface area contributed by atoms with Crippen molar-refractivity contribution in [1.29, 1.82) is 0 Å². The number of hydrogen-bond acceptors (Lipinski definition) is 3. The highest BCUT2D eigenvalue weighted by Crippen LogP contribution is 2.38. The molecule has 0 bridgehead atoms. The minimum Gasteiger partial charge on any atom is -0.482 e. The zero-order valence-electron chi connectivity index (χ0n) is 9.69. The molecular formula is C13H16N2O2. The molecule has 1 heterocycles. The van der Waals surface area contributed by atoms with Gasteiger partial charge in [-0.2, -0.15) is 0 Å². The van der Waals surface area contributed by atoms with E-state index in [2.05, 4.69) is 0 Å². The van der Waals surface area contributed by atoms with E-state index >= 15 is 0 Å². The van der Waals surface area contributed by atoms with E-state index in [1.165, 1.54) is 12.8 Å². The maximum atomic E-state index is 12.0. The summed E-state index contributed by atoms with van der Waals surface area (Å²) in [4.78, 5) is 13.9. The molecule has 4 heteroatoms. The molecule has 1 fully saturated rings. The van der Waals surface area contributed by atoms with Crippen molar-refractivity contribution in [3.63, 3.8) is 0 Å². The lowest BCUT2D eigenvalue weighted by Crippen LogP contribution is -2.44. The minimum absolute atomic E-state index is 0.0509. The fourth-order valence-corrected chi connectivity index (χ4v) is 2.75. The first kappa shape index (κ1) is 10.4. The van der Waals surface area contributed by atoms with E-state index in [0.717, 1.165) is 24.3 Å². The van der Waals surface area contributed by atoms with Crippen molar-refractivity contribution in [2.75, 3.05) is 17.2 Å². The summed E-state index contributed by atoms with van der Waals surface area (Å²) in [7, 11) is 0. The highest BCUT2D eigenvalue weighted by Gasteiger charge is 2.33. The van der Waals surface area contributed by atoms with E-state index in [9.17, 15) is 4.79 Å². The number of nitrogens with two attached hydrogens (primary N) is 1. The first-order valence-electron chi connectivity index (χ1n) is 6.10. The molecule has 2 N–H and O–H groups in total. The van der Waals surface area contributed by atoms with Gasteiger partial charge in [0.15, 0.2) is 6.61 Å². The van der Waals surface area contributed by atoms with Gasteiger partial charge in [-0.15, -0.1) is 0 Å². The topological polar surface area (TPSA) is 55.6 Å². The Labute approximate surface area is 100 Å². The monoisotopic (exact) mass is 232 g/mol. The van der Waals surface area contributed by atoms with Crippen LogP contribution in [0, 0.1) is 0 Å². The highest BCUT2D eigenvalue weighted by molar-refractivity contribution is 5.99. The average molecular weight is 232 g/mol. The molecule has 1 saturated carbocycles. The van der Waals surface area contributed by atoms with E-state index in [1.54, 1.807) is 0 Å². The summed E-state index contributed by atoms with van der Waals surface area (Å²) in [6.07, 6.45) is 4.57. The fourth-order valence-electron chi connectivity index (χ4n) is 2.75. The Hall–Kier alpha value is -1.71. The molecule has 17 heavy (non-hydrogen) atoms. The smallest absolute Gasteiger partial charge is 0.265 e. The Morgan fingerprint density at radius 2 is 2.06 bits per heavy atom. The number of carbonyl (C=O) groups excluding carboxylic acids is 1. The molecule has 3 rings (SSSR count). The van der Waals surface area contributed by atoms with Crippen molar-refractivity contribution >= 4 is 17.3 Å². The Morgan fingerprint density at radius 3 is 2.82 bits per heavy atom. The third kappa shape index (κ3) is 1.73. The summed E-state index contributed by atoms with van der Waals surface area (Å²) in [6, 6.07) is 5.82. The third-order valence-electron chi connectivity index (χ3n) is 3.55.